The fourth-order valence-electron chi connectivity index (χ4n) is 4.20. The highest BCUT2D eigenvalue weighted by Gasteiger charge is 2.20. The lowest BCUT2D eigenvalue weighted by Gasteiger charge is -2.20. The summed E-state index contributed by atoms with van der Waals surface area (Å²) in [5.41, 5.74) is 6.47. The molecule has 2 aromatic carbocycles. The Morgan fingerprint density at radius 2 is 1.62 bits per heavy atom. The molecule has 0 aliphatic carbocycles. The number of carbonyl (C=O) groups excluding carboxylic acids is 1. The third-order valence-electron chi connectivity index (χ3n) is 6.11. The molecule has 0 unspecified atom stereocenters. The third kappa shape index (κ3) is 6.65. The molecular formula is C29H40N2O2S. The second-order valence-electron chi connectivity index (χ2n) is 10.7. The van der Waals surface area contributed by atoms with Crippen LogP contribution in [0, 0.1) is 0 Å². The summed E-state index contributed by atoms with van der Waals surface area (Å²) in [6.07, 6.45) is 3.47. The molecule has 0 spiro atoms. The lowest BCUT2D eigenvalue weighted by molar-refractivity contribution is -0.116. The van der Waals surface area contributed by atoms with Gasteiger partial charge in [-0.1, -0.05) is 97.0 Å². The monoisotopic (exact) mass is 480 g/mol. The van der Waals surface area contributed by atoms with Crippen LogP contribution in [0.5, 0.6) is 0 Å². The zero-order valence-electron chi connectivity index (χ0n) is 21.8. The van der Waals surface area contributed by atoms with Gasteiger partial charge in [0.2, 0.25) is 5.91 Å². The van der Waals surface area contributed by atoms with E-state index in [9.17, 15) is 4.79 Å². The summed E-state index contributed by atoms with van der Waals surface area (Å²) in [5.74, 6) is 1.79. The summed E-state index contributed by atoms with van der Waals surface area (Å²) >= 11 is 1.66. The van der Waals surface area contributed by atoms with E-state index in [4.69, 9.17) is 4.42 Å². The normalized spacial score (nSPS) is 12.1. The zero-order chi connectivity index (χ0) is 24.9. The first-order chi connectivity index (χ1) is 16.1. The van der Waals surface area contributed by atoms with Crippen LogP contribution in [0.1, 0.15) is 103 Å². The van der Waals surface area contributed by atoms with E-state index in [1.165, 1.54) is 16.7 Å². The van der Waals surface area contributed by atoms with Crippen molar-refractivity contribution < 1.29 is 9.21 Å². The minimum absolute atomic E-state index is 0.0210. The molecule has 3 rings (SSSR count). The maximum Gasteiger partial charge on any atom is 0.256 e. The van der Waals surface area contributed by atoms with Crippen molar-refractivity contribution in [3.05, 3.63) is 53.1 Å². The number of fused-ring (bicyclic) bond motifs is 1. The lowest BCUT2D eigenvalue weighted by Crippen LogP contribution is -2.15. The Morgan fingerprint density at radius 1 is 0.971 bits per heavy atom. The summed E-state index contributed by atoms with van der Waals surface area (Å²) in [5, 5.41) is 3.95. The average molecular weight is 481 g/mol. The maximum absolute atomic E-state index is 12.7. The molecular weight excluding hydrogens is 440 g/mol. The minimum Gasteiger partial charge on any atom is -0.431 e. The Labute approximate surface area is 209 Å². The van der Waals surface area contributed by atoms with E-state index in [0.717, 1.165) is 47.0 Å². The molecule has 0 aliphatic rings. The van der Waals surface area contributed by atoms with Crippen molar-refractivity contribution in [1.82, 2.24) is 4.98 Å². The molecule has 0 atom stereocenters. The summed E-state index contributed by atoms with van der Waals surface area (Å²) in [6, 6.07) is 12.5. The van der Waals surface area contributed by atoms with E-state index < -0.39 is 0 Å². The van der Waals surface area contributed by atoms with Gasteiger partial charge in [0.1, 0.15) is 5.52 Å². The Bertz CT molecular complexity index is 1080. The van der Waals surface area contributed by atoms with E-state index in [0.29, 0.717) is 18.3 Å². The molecule has 184 valence electrons. The number of amides is 1. The van der Waals surface area contributed by atoms with Crippen molar-refractivity contribution in [2.24, 2.45) is 0 Å². The van der Waals surface area contributed by atoms with Crippen LogP contribution in [0.3, 0.4) is 0 Å². The fraction of sp³-hybridized carbons (Fsp3) is 0.517. The number of aromatic nitrogens is 1. The molecule has 1 amide bonds. The Kier molecular flexibility index (Phi) is 8.86. The lowest BCUT2D eigenvalue weighted by atomic mass is 9.86. The van der Waals surface area contributed by atoms with Crippen molar-refractivity contribution in [3.8, 4) is 0 Å². The van der Waals surface area contributed by atoms with Gasteiger partial charge in [-0.25, -0.2) is 4.98 Å². The standard InChI is InChI=1S/C29H40N2O2S/c1-19(2)21-13-11-14-22(20(3)4)26(21)31-25(32)17-9-8-10-18-34-28-30-24-16-12-15-23(27(24)33-28)29(5,6)7/h11-16,19-20H,8-10,17-18H2,1-7H3,(H,31,32). The number of nitrogens with one attached hydrogen (secondary N) is 1. The second-order valence-corrected chi connectivity index (χ2v) is 11.8. The largest absolute Gasteiger partial charge is 0.431 e. The molecule has 0 saturated carbocycles. The van der Waals surface area contributed by atoms with Crippen LogP contribution >= 0.6 is 11.8 Å². The van der Waals surface area contributed by atoms with E-state index in [1.807, 2.05) is 6.07 Å². The Balaban J connectivity index is 1.47. The maximum atomic E-state index is 12.7. The van der Waals surface area contributed by atoms with Gasteiger partial charge in [0.25, 0.3) is 5.22 Å². The highest BCUT2D eigenvalue weighted by atomic mass is 32.2. The van der Waals surface area contributed by atoms with Gasteiger partial charge in [0, 0.05) is 23.4 Å². The molecule has 0 fully saturated rings. The van der Waals surface area contributed by atoms with Gasteiger partial charge in [-0.3, -0.25) is 4.79 Å². The van der Waals surface area contributed by atoms with Gasteiger partial charge in [0.15, 0.2) is 5.58 Å². The predicted molar refractivity (Wildman–Crippen MR) is 145 cm³/mol. The van der Waals surface area contributed by atoms with Gasteiger partial charge in [-0.05, 0) is 47.3 Å². The van der Waals surface area contributed by atoms with Crippen molar-refractivity contribution >= 4 is 34.5 Å². The number of nitrogens with zero attached hydrogens (tertiary/aromatic N) is 1. The van der Waals surface area contributed by atoms with E-state index >= 15 is 0 Å². The molecule has 0 saturated heterocycles. The predicted octanol–water partition coefficient (Wildman–Crippen LogP) is 8.66. The number of para-hydroxylation sites is 2. The number of rotatable bonds is 10. The number of benzene rings is 2. The number of oxazole rings is 1. The molecule has 0 radical (unpaired) electrons. The first kappa shape index (κ1) is 26.3. The molecule has 4 nitrogen and oxygen atoms in total. The number of unbranched alkanes of at least 4 members (excludes halogenated alkanes) is 2. The van der Waals surface area contributed by atoms with E-state index in [2.05, 4.69) is 89.1 Å². The quantitative estimate of drug-likeness (QED) is 0.233. The van der Waals surface area contributed by atoms with Crippen LogP contribution in [0.4, 0.5) is 5.69 Å². The van der Waals surface area contributed by atoms with Gasteiger partial charge < -0.3 is 9.73 Å². The van der Waals surface area contributed by atoms with Crippen LogP contribution in [-0.2, 0) is 10.2 Å². The molecule has 1 N–H and O–H groups in total. The van der Waals surface area contributed by atoms with Crippen molar-refractivity contribution in [1.29, 1.82) is 0 Å². The van der Waals surface area contributed by atoms with Crippen molar-refractivity contribution in [2.45, 2.75) is 96.6 Å². The highest BCUT2D eigenvalue weighted by Crippen LogP contribution is 2.34. The second kappa shape index (κ2) is 11.4. The van der Waals surface area contributed by atoms with Crippen LogP contribution in [0.2, 0.25) is 0 Å². The molecule has 0 bridgehead atoms. The van der Waals surface area contributed by atoms with Gasteiger partial charge in [-0.2, -0.15) is 0 Å². The Hall–Kier alpha value is -2.27. The van der Waals surface area contributed by atoms with Crippen LogP contribution < -0.4 is 5.32 Å². The van der Waals surface area contributed by atoms with Crippen LogP contribution in [0.15, 0.2) is 46.0 Å². The summed E-state index contributed by atoms with van der Waals surface area (Å²) in [4.78, 5) is 17.3. The van der Waals surface area contributed by atoms with Gasteiger partial charge >= 0.3 is 0 Å². The summed E-state index contributed by atoms with van der Waals surface area (Å²) in [7, 11) is 0. The van der Waals surface area contributed by atoms with Gasteiger partial charge in [0.05, 0.1) is 0 Å². The molecule has 0 aliphatic heterocycles. The SMILES string of the molecule is CC(C)c1cccc(C(C)C)c1NC(=O)CCCCCSc1nc2cccc(C(C)(C)C)c2o1. The summed E-state index contributed by atoms with van der Waals surface area (Å²) < 4.78 is 6.09. The molecule has 5 heteroatoms. The molecule has 34 heavy (non-hydrogen) atoms. The first-order valence-corrected chi connectivity index (χ1v) is 13.5. The number of hydrogen-bond donors (Lipinski definition) is 1. The number of anilines is 1. The fourth-order valence-corrected chi connectivity index (χ4v) is 5.03. The van der Waals surface area contributed by atoms with Crippen LogP contribution in [-0.4, -0.2) is 16.6 Å². The Morgan fingerprint density at radius 3 is 2.24 bits per heavy atom. The summed E-state index contributed by atoms with van der Waals surface area (Å²) in [6.45, 7) is 15.3. The van der Waals surface area contributed by atoms with Gasteiger partial charge in [-0.15, -0.1) is 0 Å². The number of hydrogen-bond acceptors (Lipinski definition) is 4. The average Bonchev–Trinajstić information content (AvgIpc) is 3.18. The number of carbonyl (C=O) groups is 1. The minimum atomic E-state index is 0.0210. The molecule has 1 heterocycles. The molecule has 1 aromatic heterocycles. The third-order valence-corrected chi connectivity index (χ3v) is 7.03. The highest BCUT2D eigenvalue weighted by molar-refractivity contribution is 7.99. The van der Waals surface area contributed by atoms with E-state index in [-0.39, 0.29) is 11.3 Å². The molecule has 3 aromatic rings. The number of thioether (sulfide) groups is 1. The first-order valence-electron chi connectivity index (χ1n) is 12.5. The van der Waals surface area contributed by atoms with Crippen LogP contribution in [0.25, 0.3) is 11.1 Å². The van der Waals surface area contributed by atoms with Crippen molar-refractivity contribution in [3.63, 3.8) is 0 Å². The van der Waals surface area contributed by atoms with E-state index in [1.54, 1.807) is 11.8 Å². The topological polar surface area (TPSA) is 55.1 Å². The smallest absolute Gasteiger partial charge is 0.256 e. The van der Waals surface area contributed by atoms with Crippen molar-refractivity contribution in [2.75, 3.05) is 11.1 Å². The zero-order valence-corrected chi connectivity index (χ0v) is 22.6.